The Balaban J connectivity index is 1.97. The fourth-order valence-electron chi connectivity index (χ4n) is 4.07. The van der Waals surface area contributed by atoms with E-state index in [1.807, 2.05) is 30.3 Å². The van der Waals surface area contributed by atoms with Crippen LogP contribution in [0.5, 0.6) is 11.5 Å². The van der Waals surface area contributed by atoms with Gasteiger partial charge in [-0.3, -0.25) is 14.4 Å². The Morgan fingerprint density at radius 3 is 2.43 bits per heavy atom. The topological polar surface area (TPSA) is 113 Å². The largest absolute Gasteiger partial charge is 0.503 e. The van der Waals surface area contributed by atoms with E-state index in [9.17, 15) is 19.5 Å². The maximum absolute atomic E-state index is 13.3. The molecule has 0 fully saturated rings. The van der Waals surface area contributed by atoms with Crippen LogP contribution in [0.1, 0.15) is 42.9 Å². The average Bonchev–Trinajstić information content (AvgIpc) is 3.12. The molecule has 8 nitrogen and oxygen atoms in total. The summed E-state index contributed by atoms with van der Waals surface area (Å²) in [6.45, 7) is 0.229. The molecule has 1 aliphatic rings. The van der Waals surface area contributed by atoms with E-state index in [2.05, 4.69) is 0 Å². The van der Waals surface area contributed by atoms with Gasteiger partial charge in [-0.05, 0) is 42.7 Å². The first kappa shape index (κ1) is 25.6. The lowest BCUT2D eigenvalue weighted by Gasteiger charge is -2.28. The molecule has 0 bridgehead atoms. The standard InChI is InChI=1S/C27H29NO7/c1-34-19-13-15-22(35-2)20(17-19)25-24(21(29)14-12-18-9-5-3-6-10-18)26(32)27(33)28(25)16-8-4-7-11-23(30)31/h3,5-6,9-10,12-15,17,25,32H,4,7-8,11,16H2,1-2H3,(H,30,31)/b14-12+/t25-/m0/s1. The molecule has 2 N–H and O–H groups in total. The molecule has 0 saturated carbocycles. The first-order valence-corrected chi connectivity index (χ1v) is 11.3. The number of benzene rings is 2. The van der Waals surface area contributed by atoms with Gasteiger partial charge in [-0.15, -0.1) is 0 Å². The van der Waals surface area contributed by atoms with E-state index < -0.39 is 29.5 Å². The fraction of sp³-hybridized carbons (Fsp3) is 0.296. The van der Waals surface area contributed by atoms with Crippen molar-refractivity contribution in [1.29, 1.82) is 0 Å². The Kier molecular flexibility index (Phi) is 8.67. The van der Waals surface area contributed by atoms with Gasteiger partial charge in [0.05, 0.1) is 25.8 Å². The Labute approximate surface area is 204 Å². The van der Waals surface area contributed by atoms with Crippen molar-refractivity contribution in [2.24, 2.45) is 0 Å². The quantitative estimate of drug-likeness (QED) is 0.344. The summed E-state index contributed by atoms with van der Waals surface area (Å²) in [6.07, 6.45) is 4.56. The van der Waals surface area contributed by atoms with Crippen LogP contribution in [0.25, 0.3) is 6.08 Å². The van der Waals surface area contributed by atoms with Gasteiger partial charge >= 0.3 is 5.97 Å². The number of carbonyl (C=O) groups is 3. The summed E-state index contributed by atoms with van der Waals surface area (Å²) in [6, 6.07) is 13.4. The second kappa shape index (κ2) is 11.9. The predicted molar refractivity (Wildman–Crippen MR) is 130 cm³/mol. The zero-order valence-corrected chi connectivity index (χ0v) is 19.8. The highest BCUT2D eigenvalue weighted by Crippen LogP contribution is 2.43. The van der Waals surface area contributed by atoms with Crippen molar-refractivity contribution in [2.75, 3.05) is 20.8 Å². The smallest absolute Gasteiger partial charge is 0.303 e. The second-order valence-electron chi connectivity index (χ2n) is 8.08. The first-order chi connectivity index (χ1) is 16.9. The number of ketones is 1. The molecule has 3 rings (SSSR count). The van der Waals surface area contributed by atoms with Gasteiger partial charge in [0.1, 0.15) is 11.5 Å². The van der Waals surface area contributed by atoms with Crippen LogP contribution in [0.2, 0.25) is 0 Å². The summed E-state index contributed by atoms with van der Waals surface area (Å²) in [7, 11) is 2.99. The maximum atomic E-state index is 13.3. The van der Waals surface area contributed by atoms with Crippen molar-refractivity contribution in [3.05, 3.63) is 77.1 Å². The normalized spacial score (nSPS) is 15.7. The zero-order chi connectivity index (χ0) is 25.4. The highest BCUT2D eigenvalue weighted by molar-refractivity contribution is 6.14. The maximum Gasteiger partial charge on any atom is 0.303 e. The van der Waals surface area contributed by atoms with Crippen LogP contribution in [0.4, 0.5) is 0 Å². The van der Waals surface area contributed by atoms with Gasteiger partial charge in [0, 0.05) is 18.5 Å². The van der Waals surface area contributed by atoms with Crippen molar-refractivity contribution in [2.45, 2.75) is 31.7 Å². The van der Waals surface area contributed by atoms with E-state index in [1.165, 1.54) is 25.2 Å². The summed E-state index contributed by atoms with van der Waals surface area (Å²) in [4.78, 5) is 38.6. The summed E-state index contributed by atoms with van der Waals surface area (Å²) in [5.41, 5.74) is 1.27. The lowest BCUT2D eigenvalue weighted by atomic mass is 9.94. The summed E-state index contributed by atoms with van der Waals surface area (Å²) < 4.78 is 10.9. The first-order valence-electron chi connectivity index (χ1n) is 11.3. The molecule has 2 aromatic rings. The third kappa shape index (κ3) is 6.09. The number of aliphatic carboxylic acids is 1. The minimum Gasteiger partial charge on any atom is -0.503 e. The Morgan fingerprint density at radius 1 is 1.03 bits per heavy atom. The van der Waals surface area contributed by atoms with E-state index in [0.717, 1.165) is 5.56 Å². The summed E-state index contributed by atoms with van der Waals surface area (Å²) >= 11 is 0. The number of ether oxygens (including phenoxy) is 2. The number of methoxy groups -OCH3 is 2. The predicted octanol–water partition coefficient (Wildman–Crippen LogP) is 4.33. The van der Waals surface area contributed by atoms with Gasteiger partial charge in [-0.2, -0.15) is 0 Å². The van der Waals surface area contributed by atoms with E-state index in [0.29, 0.717) is 36.3 Å². The number of nitrogens with zero attached hydrogens (tertiary/aromatic N) is 1. The molecule has 0 radical (unpaired) electrons. The molecule has 1 amide bonds. The molecule has 1 aliphatic heterocycles. The number of hydrogen-bond donors (Lipinski definition) is 2. The van der Waals surface area contributed by atoms with Crippen molar-refractivity contribution in [1.82, 2.24) is 4.90 Å². The molecule has 1 atom stereocenters. The van der Waals surface area contributed by atoms with E-state index in [4.69, 9.17) is 14.6 Å². The van der Waals surface area contributed by atoms with Gasteiger partial charge in [-0.1, -0.05) is 42.8 Å². The molecule has 184 valence electrons. The van der Waals surface area contributed by atoms with Crippen molar-refractivity contribution >= 4 is 23.7 Å². The highest BCUT2D eigenvalue weighted by atomic mass is 16.5. The zero-order valence-electron chi connectivity index (χ0n) is 19.8. The Morgan fingerprint density at radius 2 is 1.77 bits per heavy atom. The molecule has 1 heterocycles. The SMILES string of the molecule is COc1ccc(OC)c([C@H]2C(C(=O)/C=C/c3ccccc3)=C(O)C(=O)N2CCCCCC(=O)O)c1. The van der Waals surface area contributed by atoms with Crippen molar-refractivity contribution in [3.63, 3.8) is 0 Å². The minimum absolute atomic E-state index is 0.0403. The van der Waals surface area contributed by atoms with E-state index in [-0.39, 0.29) is 18.5 Å². The number of unbranched alkanes of at least 4 members (excludes halogenated alkanes) is 2. The molecular formula is C27H29NO7. The van der Waals surface area contributed by atoms with Crippen LogP contribution in [0.3, 0.4) is 0 Å². The molecule has 8 heteroatoms. The highest BCUT2D eigenvalue weighted by Gasteiger charge is 2.43. The third-order valence-electron chi connectivity index (χ3n) is 5.82. The van der Waals surface area contributed by atoms with E-state index in [1.54, 1.807) is 24.3 Å². The van der Waals surface area contributed by atoms with Crippen molar-refractivity contribution < 1.29 is 34.1 Å². The molecular weight excluding hydrogens is 450 g/mol. The van der Waals surface area contributed by atoms with Crippen LogP contribution in [0.15, 0.2) is 65.9 Å². The average molecular weight is 480 g/mol. The van der Waals surface area contributed by atoms with Crippen LogP contribution in [-0.4, -0.2) is 53.5 Å². The van der Waals surface area contributed by atoms with Crippen LogP contribution >= 0.6 is 0 Å². The molecule has 0 aliphatic carbocycles. The van der Waals surface area contributed by atoms with Crippen LogP contribution in [-0.2, 0) is 14.4 Å². The van der Waals surface area contributed by atoms with Crippen LogP contribution in [0, 0.1) is 0 Å². The lowest BCUT2D eigenvalue weighted by molar-refractivity contribution is -0.137. The summed E-state index contributed by atoms with van der Waals surface area (Å²) in [5.74, 6) is -1.69. The minimum atomic E-state index is -0.889. The molecule has 2 aromatic carbocycles. The van der Waals surface area contributed by atoms with Gasteiger partial charge in [0.25, 0.3) is 5.91 Å². The number of hydrogen-bond acceptors (Lipinski definition) is 6. The molecule has 35 heavy (non-hydrogen) atoms. The number of rotatable bonds is 12. The van der Waals surface area contributed by atoms with Gasteiger partial charge in [0.2, 0.25) is 0 Å². The summed E-state index contributed by atoms with van der Waals surface area (Å²) in [5, 5.41) is 19.6. The van der Waals surface area contributed by atoms with Crippen molar-refractivity contribution in [3.8, 4) is 11.5 Å². The van der Waals surface area contributed by atoms with Crippen LogP contribution < -0.4 is 9.47 Å². The fourth-order valence-corrected chi connectivity index (χ4v) is 4.07. The Hall–Kier alpha value is -4.07. The number of aliphatic hydroxyl groups is 1. The third-order valence-corrected chi connectivity index (χ3v) is 5.82. The molecule has 0 unspecified atom stereocenters. The number of aliphatic hydroxyl groups excluding tert-OH is 1. The molecule has 0 spiro atoms. The van der Waals surface area contributed by atoms with E-state index >= 15 is 0 Å². The van der Waals surface area contributed by atoms with Gasteiger partial charge in [-0.25, -0.2) is 0 Å². The molecule has 0 aromatic heterocycles. The number of amides is 1. The Bertz CT molecular complexity index is 1140. The number of allylic oxidation sites excluding steroid dienone is 1. The number of carbonyl (C=O) groups excluding carboxylic acids is 2. The second-order valence-corrected chi connectivity index (χ2v) is 8.08. The monoisotopic (exact) mass is 479 g/mol. The number of carboxylic acid groups (broad SMARTS) is 1. The van der Waals surface area contributed by atoms with Gasteiger partial charge in [0.15, 0.2) is 11.5 Å². The van der Waals surface area contributed by atoms with Gasteiger partial charge < -0.3 is 24.6 Å². The molecule has 0 saturated heterocycles. The lowest BCUT2D eigenvalue weighted by Crippen LogP contribution is -2.32. The number of carboxylic acids is 1.